The monoisotopic (exact) mass is 486 g/mol. The Bertz CT molecular complexity index is 1160. The zero-order valence-corrected chi connectivity index (χ0v) is 20.3. The van der Waals surface area contributed by atoms with E-state index < -0.39 is 11.0 Å². The zero-order valence-electron chi connectivity index (χ0n) is 18.7. The minimum atomic E-state index is -1.59. The van der Waals surface area contributed by atoms with Gasteiger partial charge in [-0.15, -0.1) is 0 Å². The minimum absolute atomic E-state index is 0.0432. The zero-order chi connectivity index (χ0) is 23.4. The number of thiazole rings is 1. The highest BCUT2D eigenvalue weighted by Crippen LogP contribution is 2.37. The first-order chi connectivity index (χ1) is 16.0. The molecule has 33 heavy (non-hydrogen) atoms. The van der Waals surface area contributed by atoms with Crippen molar-refractivity contribution in [3.8, 4) is 22.1 Å². The summed E-state index contributed by atoms with van der Waals surface area (Å²) >= 11 is 1.41. The number of hydrogen-bond donors (Lipinski definition) is 2. The topological polar surface area (TPSA) is 102 Å². The summed E-state index contributed by atoms with van der Waals surface area (Å²) in [4.78, 5) is 22.6. The molecule has 1 aliphatic rings. The highest BCUT2D eigenvalue weighted by atomic mass is 32.2. The molecule has 1 aliphatic carbocycles. The van der Waals surface area contributed by atoms with E-state index in [4.69, 9.17) is 9.47 Å². The van der Waals surface area contributed by atoms with Crippen LogP contribution in [0.15, 0.2) is 41.4 Å². The third kappa shape index (κ3) is 5.33. The van der Waals surface area contributed by atoms with Crippen molar-refractivity contribution in [2.45, 2.75) is 37.5 Å². The number of methoxy groups -OCH3 is 2. The van der Waals surface area contributed by atoms with Gasteiger partial charge in [-0.05, 0) is 49.6 Å². The van der Waals surface area contributed by atoms with Crippen molar-refractivity contribution in [3.05, 3.63) is 42.2 Å². The van der Waals surface area contributed by atoms with E-state index >= 15 is 0 Å². The van der Waals surface area contributed by atoms with Gasteiger partial charge in [-0.3, -0.25) is 9.52 Å². The van der Waals surface area contributed by atoms with Crippen LogP contribution < -0.4 is 19.5 Å². The molecule has 2 aromatic heterocycles. The van der Waals surface area contributed by atoms with Gasteiger partial charge in [0.1, 0.15) is 10.6 Å². The van der Waals surface area contributed by atoms with E-state index in [1.165, 1.54) is 18.4 Å². The van der Waals surface area contributed by atoms with Gasteiger partial charge in [-0.2, -0.15) is 0 Å². The van der Waals surface area contributed by atoms with Crippen molar-refractivity contribution in [1.29, 1.82) is 0 Å². The Morgan fingerprint density at radius 2 is 1.94 bits per heavy atom. The van der Waals surface area contributed by atoms with E-state index in [9.17, 15) is 9.00 Å². The van der Waals surface area contributed by atoms with Crippen molar-refractivity contribution >= 4 is 39.0 Å². The molecule has 0 spiro atoms. The van der Waals surface area contributed by atoms with Crippen molar-refractivity contribution in [2.75, 3.05) is 24.3 Å². The molecule has 0 saturated heterocycles. The Morgan fingerprint density at radius 3 is 2.61 bits per heavy atom. The van der Waals surface area contributed by atoms with Crippen LogP contribution in [0.4, 0.5) is 10.8 Å². The second-order valence-electron chi connectivity index (χ2n) is 7.73. The maximum absolute atomic E-state index is 13.1. The van der Waals surface area contributed by atoms with E-state index in [0.29, 0.717) is 27.3 Å². The third-order valence-electron chi connectivity index (χ3n) is 5.53. The van der Waals surface area contributed by atoms with Crippen LogP contribution in [0.1, 0.15) is 31.4 Å². The lowest BCUT2D eigenvalue weighted by molar-refractivity contribution is -0.119. The van der Waals surface area contributed by atoms with Crippen molar-refractivity contribution in [1.82, 2.24) is 9.97 Å². The Morgan fingerprint density at radius 1 is 1.15 bits per heavy atom. The average Bonchev–Trinajstić information content (AvgIpc) is 3.49. The van der Waals surface area contributed by atoms with Gasteiger partial charge in [0, 0.05) is 12.0 Å². The normalized spacial score (nSPS) is 14.6. The molecule has 0 aliphatic heterocycles. The summed E-state index contributed by atoms with van der Waals surface area (Å²) in [6, 6.07) is 8.94. The molecule has 2 N–H and O–H groups in total. The largest absolute Gasteiger partial charge is 0.495 e. The van der Waals surface area contributed by atoms with Crippen LogP contribution >= 0.6 is 11.3 Å². The van der Waals surface area contributed by atoms with Gasteiger partial charge in [-0.25, -0.2) is 14.2 Å². The molecule has 1 fully saturated rings. The molecular formula is C23H26N4O4S2. The number of rotatable bonds is 8. The first kappa shape index (κ1) is 23.2. The highest BCUT2D eigenvalue weighted by molar-refractivity contribution is 7.86. The molecule has 174 valence electrons. The summed E-state index contributed by atoms with van der Waals surface area (Å²) in [6.07, 6.45) is 5.64. The summed E-state index contributed by atoms with van der Waals surface area (Å²) in [5.74, 6) is 1.10. The lowest BCUT2D eigenvalue weighted by Crippen LogP contribution is -2.20. The predicted octanol–water partition coefficient (Wildman–Crippen LogP) is 4.79. The molecule has 1 amide bonds. The van der Waals surface area contributed by atoms with E-state index in [1.807, 2.05) is 19.1 Å². The van der Waals surface area contributed by atoms with Gasteiger partial charge in [-0.1, -0.05) is 24.2 Å². The predicted molar refractivity (Wildman–Crippen MR) is 130 cm³/mol. The average molecular weight is 487 g/mol. The lowest BCUT2D eigenvalue weighted by Gasteiger charge is -2.12. The quantitative estimate of drug-likeness (QED) is 0.474. The Balaban J connectivity index is 1.56. The van der Waals surface area contributed by atoms with Crippen LogP contribution in [0.2, 0.25) is 0 Å². The number of nitrogens with zero attached hydrogens (tertiary/aromatic N) is 2. The van der Waals surface area contributed by atoms with Crippen LogP contribution in [-0.2, 0) is 15.8 Å². The molecule has 1 unspecified atom stereocenters. The number of pyridine rings is 1. The van der Waals surface area contributed by atoms with Gasteiger partial charge in [0.15, 0.2) is 16.1 Å². The summed E-state index contributed by atoms with van der Waals surface area (Å²) in [5, 5.41) is 3.55. The van der Waals surface area contributed by atoms with Gasteiger partial charge in [0.05, 0.1) is 36.7 Å². The highest BCUT2D eigenvalue weighted by Gasteiger charge is 2.24. The first-order valence-corrected chi connectivity index (χ1v) is 12.6. The SMILES string of the molecule is COc1ccc(NS(=O)c2cc(-c3sc(NC(=O)C4CCCC4)nc3C)ccc2OC)cn1. The maximum Gasteiger partial charge on any atom is 0.229 e. The molecule has 0 bridgehead atoms. The van der Waals surface area contributed by atoms with Crippen LogP contribution in [0.3, 0.4) is 0 Å². The number of carbonyl (C=O) groups is 1. The van der Waals surface area contributed by atoms with Crippen molar-refractivity contribution < 1.29 is 18.5 Å². The maximum atomic E-state index is 13.1. The standard InChI is InChI=1S/C23H26N4O4S2/c1-14-21(32-23(25-14)26-22(28)15-6-4-5-7-15)16-8-10-18(30-2)19(12-16)33(29)27-17-9-11-20(31-3)24-13-17/h8-13,15,27H,4-7H2,1-3H3,(H,25,26,28). The third-order valence-corrected chi connectivity index (χ3v) is 7.80. The fourth-order valence-electron chi connectivity index (χ4n) is 3.80. The molecule has 10 heteroatoms. The molecule has 2 heterocycles. The fourth-order valence-corrected chi connectivity index (χ4v) is 5.78. The van der Waals surface area contributed by atoms with Crippen LogP contribution in [0, 0.1) is 12.8 Å². The van der Waals surface area contributed by atoms with E-state index in [2.05, 4.69) is 20.0 Å². The Labute approximate surface area is 199 Å². The molecule has 1 aromatic carbocycles. The molecule has 8 nitrogen and oxygen atoms in total. The molecule has 0 radical (unpaired) electrons. The smallest absolute Gasteiger partial charge is 0.229 e. The first-order valence-electron chi connectivity index (χ1n) is 10.6. The number of aromatic nitrogens is 2. The fraction of sp³-hybridized carbons (Fsp3) is 0.348. The van der Waals surface area contributed by atoms with Crippen LogP contribution in [0.5, 0.6) is 11.6 Å². The van der Waals surface area contributed by atoms with Crippen molar-refractivity contribution in [2.24, 2.45) is 5.92 Å². The van der Waals surface area contributed by atoms with Crippen LogP contribution in [0.25, 0.3) is 10.4 Å². The van der Waals surface area contributed by atoms with Gasteiger partial charge in [0.25, 0.3) is 0 Å². The number of carbonyl (C=O) groups excluding carboxylic acids is 1. The number of aryl methyl sites for hydroxylation is 1. The number of anilines is 2. The lowest BCUT2D eigenvalue weighted by atomic mass is 10.1. The summed E-state index contributed by atoms with van der Waals surface area (Å²) in [7, 11) is 1.49. The molecule has 1 atom stereocenters. The van der Waals surface area contributed by atoms with E-state index in [-0.39, 0.29) is 11.8 Å². The second kappa shape index (κ2) is 10.3. The Hall–Kier alpha value is -2.98. The molecular weight excluding hydrogens is 460 g/mol. The summed E-state index contributed by atoms with van der Waals surface area (Å²) in [6.45, 7) is 1.90. The Kier molecular flexibility index (Phi) is 7.24. The molecule has 1 saturated carbocycles. The summed E-state index contributed by atoms with van der Waals surface area (Å²) in [5.41, 5.74) is 2.24. The van der Waals surface area contributed by atoms with Gasteiger partial charge < -0.3 is 14.8 Å². The van der Waals surface area contributed by atoms with Crippen molar-refractivity contribution in [3.63, 3.8) is 0 Å². The summed E-state index contributed by atoms with van der Waals surface area (Å²) < 4.78 is 26.6. The van der Waals surface area contributed by atoms with Gasteiger partial charge >= 0.3 is 0 Å². The number of amides is 1. The van der Waals surface area contributed by atoms with Crippen LogP contribution in [-0.4, -0.2) is 34.3 Å². The number of nitrogens with one attached hydrogen (secondary N) is 2. The van der Waals surface area contributed by atoms with E-state index in [1.54, 1.807) is 31.5 Å². The number of hydrogen-bond acceptors (Lipinski definition) is 7. The van der Waals surface area contributed by atoms with Gasteiger partial charge in [0.2, 0.25) is 11.8 Å². The minimum Gasteiger partial charge on any atom is -0.495 e. The second-order valence-corrected chi connectivity index (χ2v) is 9.91. The number of benzene rings is 1. The number of ether oxygens (including phenoxy) is 2. The van der Waals surface area contributed by atoms with E-state index in [0.717, 1.165) is 41.8 Å². The molecule has 4 rings (SSSR count). The molecule has 3 aromatic rings.